The summed E-state index contributed by atoms with van der Waals surface area (Å²) in [6.07, 6.45) is -3.53. The van der Waals surface area contributed by atoms with Crippen molar-refractivity contribution in [2.75, 3.05) is 0 Å². The SMILES string of the molecule is CC(C)(C)Cn1cc(C(NS(=O)(=O)C2CC2)C(F)F)c2cc(F)c(-c3ncc(F)cc3C(F)F)cc21. The summed E-state index contributed by atoms with van der Waals surface area (Å²) in [6.45, 7) is 5.89. The number of alkyl halides is 4. The zero-order valence-electron chi connectivity index (χ0n) is 19.7. The zero-order valence-corrected chi connectivity index (χ0v) is 20.5. The van der Waals surface area contributed by atoms with Crippen LogP contribution in [0, 0.1) is 17.0 Å². The fourth-order valence-electron chi connectivity index (χ4n) is 4.16. The van der Waals surface area contributed by atoms with Gasteiger partial charge in [-0.05, 0) is 36.5 Å². The molecule has 0 saturated heterocycles. The lowest BCUT2D eigenvalue weighted by Gasteiger charge is -2.20. The number of pyridine rings is 1. The molecule has 196 valence electrons. The number of benzene rings is 1. The Kier molecular flexibility index (Phi) is 6.89. The van der Waals surface area contributed by atoms with Gasteiger partial charge in [-0.3, -0.25) is 4.98 Å². The van der Waals surface area contributed by atoms with Gasteiger partial charge >= 0.3 is 0 Å². The third-order valence-electron chi connectivity index (χ3n) is 5.86. The topological polar surface area (TPSA) is 64.0 Å². The van der Waals surface area contributed by atoms with Gasteiger partial charge in [0.05, 0.1) is 17.1 Å². The van der Waals surface area contributed by atoms with Gasteiger partial charge in [-0.15, -0.1) is 0 Å². The summed E-state index contributed by atoms with van der Waals surface area (Å²) >= 11 is 0. The first-order valence-electron chi connectivity index (χ1n) is 11.2. The van der Waals surface area contributed by atoms with Gasteiger partial charge in [0.15, 0.2) is 0 Å². The van der Waals surface area contributed by atoms with Gasteiger partial charge in [0.25, 0.3) is 12.9 Å². The van der Waals surface area contributed by atoms with E-state index >= 15 is 4.39 Å². The minimum atomic E-state index is -4.02. The van der Waals surface area contributed by atoms with Crippen molar-refractivity contribution in [3.8, 4) is 11.3 Å². The molecule has 5 nitrogen and oxygen atoms in total. The highest BCUT2D eigenvalue weighted by Crippen LogP contribution is 2.39. The number of rotatable bonds is 8. The summed E-state index contributed by atoms with van der Waals surface area (Å²) < 4.78 is 113. The molecule has 0 amide bonds. The van der Waals surface area contributed by atoms with E-state index in [0.717, 1.165) is 6.07 Å². The van der Waals surface area contributed by atoms with Gasteiger partial charge in [0.1, 0.15) is 17.7 Å². The van der Waals surface area contributed by atoms with Crippen molar-refractivity contribution in [1.82, 2.24) is 14.3 Å². The van der Waals surface area contributed by atoms with Crippen LogP contribution in [-0.4, -0.2) is 29.6 Å². The minimum absolute atomic E-state index is 0.00463. The summed E-state index contributed by atoms with van der Waals surface area (Å²) in [5, 5.41) is -0.743. The monoisotopic (exact) mass is 533 g/mol. The van der Waals surface area contributed by atoms with Gasteiger partial charge in [-0.2, -0.15) is 0 Å². The van der Waals surface area contributed by atoms with Gasteiger partial charge < -0.3 is 4.57 Å². The van der Waals surface area contributed by atoms with E-state index in [0.29, 0.717) is 25.1 Å². The van der Waals surface area contributed by atoms with E-state index in [-0.39, 0.29) is 34.0 Å². The fraction of sp³-hybridized carbons (Fsp3) is 0.458. The maximum absolute atomic E-state index is 15.3. The molecular formula is C24H25F6N3O2S. The van der Waals surface area contributed by atoms with Crippen LogP contribution < -0.4 is 4.72 Å². The number of hydrogen-bond acceptors (Lipinski definition) is 3. The third kappa shape index (κ3) is 5.39. The van der Waals surface area contributed by atoms with E-state index < -0.39 is 57.1 Å². The van der Waals surface area contributed by atoms with Crippen molar-refractivity contribution in [2.24, 2.45) is 5.41 Å². The normalized spacial score (nSPS) is 15.9. The standard InChI is InChI=1S/C24H25F6N3O2S/c1-24(2,3)11-33-10-17(21(23(29)30)32-36(34,35)13-4-5-13)14-7-18(26)15(8-19(14)33)20-16(22(27)28)6-12(25)9-31-20/h6-10,13,21-23,32H,4-5,11H2,1-3H3. The van der Waals surface area contributed by atoms with Crippen LogP contribution >= 0.6 is 0 Å². The average molecular weight is 534 g/mol. The summed E-state index contributed by atoms with van der Waals surface area (Å²) in [5.74, 6) is -2.06. The van der Waals surface area contributed by atoms with Crippen LogP contribution in [0.1, 0.15) is 57.2 Å². The number of aromatic nitrogens is 2. The molecule has 2 heterocycles. The Morgan fingerprint density at radius 2 is 1.75 bits per heavy atom. The van der Waals surface area contributed by atoms with Crippen LogP contribution in [0.2, 0.25) is 0 Å². The molecule has 4 rings (SSSR count). The lowest BCUT2D eigenvalue weighted by molar-refractivity contribution is 0.109. The van der Waals surface area contributed by atoms with E-state index in [2.05, 4.69) is 9.71 Å². The van der Waals surface area contributed by atoms with Gasteiger partial charge in [-0.1, -0.05) is 20.8 Å². The Balaban J connectivity index is 1.93. The molecule has 1 atom stereocenters. The Morgan fingerprint density at radius 1 is 1.08 bits per heavy atom. The molecule has 2 aromatic heterocycles. The Labute approximate surface area is 204 Å². The van der Waals surface area contributed by atoms with E-state index in [1.807, 2.05) is 20.8 Å². The molecule has 1 N–H and O–H groups in total. The molecule has 1 unspecified atom stereocenters. The van der Waals surface area contributed by atoms with E-state index in [9.17, 15) is 30.4 Å². The summed E-state index contributed by atoms with van der Waals surface area (Å²) in [4.78, 5) is 3.67. The minimum Gasteiger partial charge on any atom is -0.347 e. The second kappa shape index (κ2) is 9.37. The highest BCUT2D eigenvalue weighted by molar-refractivity contribution is 7.90. The van der Waals surface area contributed by atoms with Crippen molar-refractivity contribution >= 4 is 20.9 Å². The van der Waals surface area contributed by atoms with Crippen molar-refractivity contribution < 1.29 is 34.8 Å². The molecular weight excluding hydrogens is 508 g/mol. The molecule has 0 bridgehead atoms. The first kappa shape index (κ1) is 26.5. The summed E-state index contributed by atoms with van der Waals surface area (Å²) in [6, 6.07) is 0.727. The number of hydrogen-bond donors (Lipinski definition) is 1. The van der Waals surface area contributed by atoms with Gasteiger partial charge in [-0.25, -0.2) is 39.5 Å². The summed E-state index contributed by atoms with van der Waals surface area (Å²) in [7, 11) is -4.02. The summed E-state index contributed by atoms with van der Waals surface area (Å²) in [5.41, 5.74) is -1.95. The molecule has 0 aliphatic heterocycles. The predicted octanol–water partition coefficient (Wildman–Crippen LogP) is 6.35. The van der Waals surface area contributed by atoms with E-state index in [4.69, 9.17) is 0 Å². The van der Waals surface area contributed by atoms with E-state index in [1.165, 1.54) is 12.3 Å². The molecule has 1 aliphatic rings. The largest absolute Gasteiger partial charge is 0.347 e. The van der Waals surface area contributed by atoms with Crippen molar-refractivity contribution in [3.05, 3.63) is 53.4 Å². The van der Waals surface area contributed by atoms with Crippen LogP contribution in [0.25, 0.3) is 22.2 Å². The first-order valence-corrected chi connectivity index (χ1v) is 12.8. The Bertz CT molecular complexity index is 1400. The van der Waals surface area contributed by atoms with Crippen molar-refractivity contribution in [1.29, 1.82) is 0 Å². The van der Waals surface area contributed by atoms with Crippen LogP contribution in [0.3, 0.4) is 0 Å². The molecule has 3 aromatic rings. The Morgan fingerprint density at radius 3 is 2.31 bits per heavy atom. The lowest BCUT2D eigenvalue weighted by Crippen LogP contribution is -2.35. The maximum atomic E-state index is 15.3. The second-order valence-corrected chi connectivity index (χ2v) is 12.2. The molecule has 1 aliphatic carbocycles. The first-order chi connectivity index (χ1) is 16.7. The lowest BCUT2D eigenvalue weighted by atomic mass is 9.96. The molecule has 1 aromatic carbocycles. The zero-order chi connectivity index (χ0) is 26.6. The Hall–Kier alpha value is -2.60. The van der Waals surface area contributed by atoms with Crippen LogP contribution in [0.15, 0.2) is 30.6 Å². The molecule has 36 heavy (non-hydrogen) atoms. The smallest absolute Gasteiger partial charge is 0.266 e. The van der Waals surface area contributed by atoms with Crippen molar-refractivity contribution in [2.45, 2.75) is 64.3 Å². The predicted molar refractivity (Wildman–Crippen MR) is 123 cm³/mol. The van der Waals surface area contributed by atoms with Crippen LogP contribution in [0.5, 0.6) is 0 Å². The highest BCUT2D eigenvalue weighted by atomic mass is 32.2. The quantitative estimate of drug-likeness (QED) is 0.343. The van der Waals surface area contributed by atoms with E-state index in [1.54, 1.807) is 4.57 Å². The molecule has 1 saturated carbocycles. The number of nitrogens with one attached hydrogen (secondary N) is 1. The second-order valence-electron chi connectivity index (χ2n) is 10.2. The molecule has 0 spiro atoms. The average Bonchev–Trinajstić information content (AvgIpc) is 3.56. The van der Waals surface area contributed by atoms with Gasteiger partial charge in [0, 0.05) is 40.3 Å². The molecule has 0 radical (unpaired) electrons. The number of halogens is 6. The fourth-order valence-corrected chi connectivity index (χ4v) is 5.69. The number of nitrogens with zero attached hydrogens (tertiary/aromatic N) is 2. The van der Waals surface area contributed by atoms with Crippen LogP contribution in [-0.2, 0) is 16.6 Å². The van der Waals surface area contributed by atoms with Crippen LogP contribution in [0.4, 0.5) is 26.3 Å². The third-order valence-corrected chi connectivity index (χ3v) is 7.79. The number of fused-ring (bicyclic) bond motifs is 1. The molecule has 1 fully saturated rings. The molecule has 12 heteroatoms. The number of sulfonamides is 1. The maximum Gasteiger partial charge on any atom is 0.266 e. The van der Waals surface area contributed by atoms with Crippen molar-refractivity contribution in [3.63, 3.8) is 0 Å². The van der Waals surface area contributed by atoms with Gasteiger partial charge in [0.2, 0.25) is 10.0 Å². The highest BCUT2D eigenvalue weighted by Gasteiger charge is 2.40.